The Morgan fingerprint density at radius 1 is 1.00 bits per heavy atom. The smallest absolute Gasteiger partial charge is 0.426 e. The Kier molecular flexibility index (Phi) is 6.42. The van der Waals surface area contributed by atoms with Crippen LogP contribution < -0.4 is 5.43 Å². The molecule has 1 rings (SSSR count). The SMILES string of the molecule is CC(C)(C)OC(=O)NN(C(=O)c1cc(Cl)c(Cl)c(Cl)c1)C(C)(C)C. The lowest BCUT2D eigenvalue weighted by atomic mass is 10.1. The van der Waals surface area contributed by atoms with Gasteiger partial charge in [-0.1, -0.05) is 34.8 Å². The van der Waals surface area contributed by atoms with E-state index in [0.29, 0.717) is 0 Å². The summed E-state index contributed by atoms with van der Waals surface area (Å²) in [4.78, 5) is 24.8. The summed E-state index contributed by atoms with van der Waals surface area (Å²) in [7, 11) is 0. The molecule has 1 N–H and O–H groups in total. The van der Waals surface area contributed by atoms with Gasteiger partial charge < -0.3 is 4.74 Å². The maximum Gasteiger partial charge on any atom is 0.426 e. The summed E-state index contributed by atoms with van der Waals surface area (Å²) in [6.45, 7) is 10.5. The van der Waals surface area contributed by atoms with Crippen molar-refractivity contribution in [1.29, 1.82) is 0 Å². The molecule has 1 aromatic carbocycles. The van der Waals surface area contributed by atoms with E-state index in [2.05, 4.69) is 5.43 Å². The molecule has 0 saturated carbocycles. The van der Waals surface area contributed by atoms with Crippen LogP contribution in [-0.4, -0.2) is 28.1 Å². The zero-order valence-electron chi connectivity index (χ0n) is 14.5. The minimum atomic E-state index is -0.739. The second-order valence-electron chi connectivity index (χ2n) is 7.18. The molecule has 0 aliphatic carbocycles. The molecular weight excluding hydrogens is 375 g/mol. The van der Waals surface area contributed by atoms with E-state index in [1.54, 1.807) is 41.5 Å². The fraction of sp³-hybridized carbons (Fsp3) is 0.500. The fourth-order valence-corrected chi connectivity index (χ4v) is 2.32. The number of amides is 2. The van der Waals surface area contributed by atoms with Gasteiger partial charge in [0, 0.05) is 5.56 Å². The van der Waals surface area contributed by atoms with Crippen molar-refractivity contribution >= 4 is 46.8 Å². The minimum Gasteiger partial charge on any atom is -0.443 e. The Bertz CT molecular complexity index is 626. The Morgan fingerprint density at radius 3 is 1.83 bits per heavy atom. The Hall–Kier alpha value is -1.17. The highest BCUT2D eigenvalue weighted by atomic mass is 35.5. The van der Waals surface area contributed by atoms with E-state index in [1.807, 2.05) is 0 Å². The zero-order valence-corrected chi connectivity index (χ0v) is 16.7. The Morgan fingerprint density at radius 2 is 1.46 bits per heavy atom. The van der Waals surface area contributed by atoms with E-state index in [0.717, 1.165) is 5.01 Å². The molecule has 0 radical (unpaired) electrons. The molecule has 0 aromatic heterocycles. The van der Waals surface area contributed by atoms with Crippen LogP contribution in [0.5, 0.6) is 0 Å². The van der Waals surface area contributed by atoms with Crippen LogP contribution >= 0.6 is 34.8 Å². The van der Waals surface area contributed by atoms with Crippen molar-refractivity contribution in [3.63, 3.8) is 0 Å². The summed E-state index contributed by atoms with van der Waals surface area (Å²) in [5.74, 6) is -0.492. The van der Waals surface area contributed by atoms with Crippen molar-refractivity contribution < 1.29 is 14.3 Å². The average Bonchev–Trinajstić information content (AvgIpc) is 2.37. The Balaban J connectivity index is 3.14. The van der Waals surface area contributed by atoms with Crippen molar-refractivity contribution in [1.82, 2.24) is 10.4 Å². The average molecular weight is 396 g/mol. The number of benzene rings is 1. The highest BCUT2D eigenvalue weighted by Crippen LogP contribution is 2.32. The summed E-state index contributed by atoms with van der Waals surface area (Å²) in [6.07, 6.45) is -0.739. The van der Waals surface area contributed by atoms with Gasteiger partial charge in [0.15, 0.2) is 0 Å². The summed E-state index contributed by atoms with van der Waals surface area (Å²) < 4.78 is 5.20. The summed E-state index contributed by atoms with van der Waals surface area (Å²) in [5.41, 5.74) is 1.26. The summed E-state index contributed by atoms with van der Waals surface area (Å²) in [5, 5.41) is 1.63. The zero-order chi connectivity index (χ0) is 18.9. The predicted octanol–water partition coefficient (Wildman–Crippen LogP) is 5.33. The normalized spacial score (nSPS) is 11.9. The van der Waals surface area contributed by atoms with Crippen LogP contribution in [0.2, 0.25) is 15.1 Å². The molecule has 0 atom stereocenters. The molecule has 0 aliphatic rings. The van der Waals surface area contributed by atoms with E-state index in [-0.39, 0.29) is 20.6 Å². The number of nitrogens with one attached hydrogen (secondary N) is 1. The lowest BCUT2D eigenvalue weighted by Crippen LogP contribution is -2.56. The first-order valence-corrected chi connectivity index (χ1v) is 8.34. The van der Waals surface area contributed by atoms with E-state index in [9.17, 15) is 9.59 Å². The maximum absolute atomic E-state index is 12.8. The van der Waals surface area contributed by atoms with Crippen molar-refractivity contribution in [3.8, 4) is 0 Å². The summed E-state index contributed by atoms with van der Waals surface area (Å²) in [6, 6.07) is 2.79. The van der Waals surface area contributed by atoms with Gasteiger partial charge >= 0.3 is 6.09 Å². The molecule has 1 aromatic rings. The van der Waals surface area contributed by atoms with Crippen molar-refractivity contribution in [3.05, 3.63) is 32.8 Å². The lowest BCUT2D eigenvalue weighted by Gasteiger charge is -2.36. The second-order valence-corrected chi connectivity index (χ2v) is 8.37. The highest BCUT2D eigenvalue weighted by Gasteiger charge is 2.31. The molecule has 24 heavy (non-hydrogen) atoms. The van der Waals surface area contributed by atoms with E-state index >= 15 is 0 Å². The van der Waals surface area contributed by atoms with E-state index < -0.39 is 23.1 Å². The van der Waals surface area contributed by atoms with Crippen LogP contribution in [0.4, 0.5) is 4.79 Å². The second kappa shape index (κ2) is 7.38. The quantitative estimate of drug-likeness (QED) is 0.516. The van der Waals surface area contributed by atoms with Crippen LogP contribution in [0, 0.1) is 0 Å². The monoisotopic (exact) mass is 394 g/mol. The first-order valence-electron chi connectivity index (χ1n) is 7.21. The largest absolute Gasteiger partial charge is 0.443 e. The number of hydrogen-bond donors (Lipinski definition) is 1. The molecule has 0 spiro atoms. The van der Waals surface area contributed by atoms with Crippen molar-refractivity contribution in [2.75, 3.05) is 0 Å². The highest BCUT2D eigenvalue weighted by molar-refractivity contribution is 6.48. The molecule has 0 saturated heterocycles. The molecule has 2 amide bonds. The third-order valence-electron chi connectivity index (χ3n) is 2.71. The third-order valence-corrected chi connectivity index (χ3v) is 3.90. The third kappa shape index (κ3) is 5.72. The number of ether oxygens (including phenoxy) is 1. The first-order chi connectivity index (χ1) is 10.7. The van der Waals surface area contributed by atoms with Crippen LogP contribution in [0.25, 0.3) is 0 Å². The lowest BCUT2D eigenvalue weighted by molar-refractivity contribution is 0.0118. The maximum atomic E-state index is 12.8. The van der Waals surface area contributed by atoms with Gasteiger partial charge in [-0.3, -0.25) is 4.79 Å². The number of carbonyl (C=O) groups excluding carboxylic acids is 2. The van der Waals surface area contributed by atoms with E-state index in [1.165, 1.54) is 12.1 Å². The Labute approximate surface area is 157 Å². The molecule has 0 bridgehead atoms. The number of hydrazine groups is 1. The van der Waals surface area contributed by atoms with Gasteiger partial charge in [-0.05, 0) is 53.7 Å². The molecule has 8 heteroatoms. The summed E-state index contributed by atoms with van der Waals surface area (Å²) >= 11 is 17.9. The topological polar surface area (TPSA) is 58.6 Å². The number of halogens is 3. The van der Waals surface area contributed by atoms with Gasteiger partial charge in [0.1, 0.15) is 5.60 Å². The first kappa shape index (κ1) is 20.9. The molecule has 134 valence electrons. The molecular formula is C16H21Cl3N2O3. The van der Waals surface area contributed by atoms with Crippen LogP contribution in [-0.2, 0) is 4.74 Å². The number of hydrogen-bond acceptors (Lipinski definition) is 3. The van der Waals surface area contributed by atoms with Gasteiger partial charge in [0.25, 0.3) is 5.91 Å². The van der Waals surface area contributed by atoms with Crippen LogP contribution in [0.1, 0.15) is 51.9 Å². The van der Waals surface area contributed by atoms with Crippen molar-refractivity contribution in [2.45, 2.75) is 52.7 Å². The number of nitrogens with zero attached hydrogens (tertiary/aromatic N) is 1. The predicted molar refractivity (Wildman–Crippen MR) is 96.8 cm³/mol. The molecule has 0 heterocycles. The number of carbonyl (C=O) groups is 2. The standard InChI is InChI=1S/C16H21Cl3N2O3/c1-15(2,3)21(20-14(23)24-16(4,5)6)13(22)9-7-10(17)12(19)11(18)8-9/h7-8H,1-6H3,(H,20,23). The minimum absolute atomic E-state index is 0.152. The van der Waals surface area contributed by atoms with Crippen LogP contribution in [0.3, 0.4) is 0 Å². The van der Waals surface area contributed by atoms with Gasteiger partial charge in [0.2, 0.25) is 0 Å². The van der Waals surface area contributed by atoms with Gasteiger partial charge in [0.05, 0.1) is 20.6 Å². The fourth-order valence-electron chi connectivity index (χ4n) is 1.72. The number of rotatable bonds is 1. The van der Waals surface area contributed by atoms with Crippen molar-refractivity contribution in [2.24, 2.45) is 0 Å². The van der Waals surface area contributed by atoms with Gasteiger partial charge in [-0.15, -0.1) is 0 Å². The molecule has 0 fully saturated rings. The molecule has 5 nitrogen and oxygen atoms in total. The van der Waals surface area contributed by atoms with Gasteiger partial charge in [-0.2, -0.15) is 0 Å². The van der Waals surface area contributed by atoms with Crippen LogP contribution in [0.15, 0.2) is 12.1 Å². The van der Waals surface area contributed by atoms with Gasteiger partial charge in [-0.25, -0.2) is 15.2 Å². The van der Waals surface area contributed by atoms with E-state index in [4.69, 9.17) is 39.5 Å². The molecule has 0 aliphatic heterocycles. The molecule has 0 unspecified atom stereocenters.